The fraction of sp³-hybridized carbons (Fsp3) is 0.526. The number of carbonyl (C=O) groups excluding carboxylic acids is 2. The van der Waals surface area contributed by atoms with Crippen LogP contribution >= 0.6 is 0 Å². The van der Waals surface area contributed by atoms with E-state index >= 15 is 0 Å². The number of likely N-dealkylation sites (tertiary alicyclic amines) is 1. The average molecular weight is 327 g/mol. The van der Waals surface area contributed by atoms with E-state index in [0.717, 1.165) is 25.7 Å². The standard InChI is InChI=1S/C19H25N3O2/c23-18(13-15-5-2-1-3-6-15)22-11-8-17(9-12-22)21-19(24)16-7-4-10-20-14-16/h4,7,10,13-14,17H,1-3,5-6,8-9,11-12H2,(H,21,24). The van der Waals surface area contributed by atoms with E-state index in [1.165, 1.54) is 24.8 Å². The first-order valence-electron chi connectivity index (χ1n) is 8.91. The Bertz CT molecular complexity index is 596. The summed E-state index contributed by atoms with van der Waals surface area (Å²) in [7, 11) is 0. The normalized spacial score (nSPS) is 19.0. The van der Waals surface area contributed by atoms with Gasteiger partial charge in [0.05, 0.1) is 5.56 Å². The highest BCUT2D eigenvalue weighted by Gasteiger charge is 2.23. The number of piperidine rings is 1. The van der Waals surface area contributed by atoms with Crippen molar-refractivity contribution in [1.82, 2.24) is 15.2 Å². The van der Waals surface area contributed by atoms with Gasteiger partial charge in [-0.05, 0) is 50.7 Å². The molecule has 24 heavy (non-hydrogen) atoms. The first kappa shape index (κ1) is 16.7. The highest BCUT2D eigenvalue weighted by atomic mass is 16.2. The number of pyridine rings is 1. The minimum Gasteiger partial charge on any atom is -0.349 e. The van der Waals surface area contributed by atoms with E-state index in [2.05, 4.69) is 10.3 Å². The lowest BCUT2D eigenvalue weighted by Gasteiger charge is -2.32. The van der Waals surface area contributed by atoms with Gasteiger partial charge in [-0.2, -0.15) is 0 Å². The van der Waals surface area contributed by atoms with Gasteiger partial charge in [0, 0.05) is 37.6 Å². The molecule has 5 heteroatoms. The van der Waals surface area contributed by atoms with Crippen molar-refractivity contribution in [2.24, 2.45) is 0 Å². The Morgan fingerprint density at radius 2 is 1.92 bits per heavy atom. The number of nitrogens with zero attached hydrogens (tertiary/aromatic N) is 2. The number of rotatable bonds is 3. The van der Waals surface area contributed by atoms with Crippen molar-refractivity contribution in [3.05, 3.63) is 41.7 Å². The molecule has 2 heterocycles. The van der Waals surface area contributed by atoms with E-state index in [9.17, 15) is 9.59 Å². The number of hydrogen-bond acceptors (Lipinski definition) is 3. The summed E-state index contributed by atoms with van der Waals surface area (Å²) in [6.07, 6.45) is 12.5. The molecule has 0 bridgehead atoms. The van der Waals surface area contributed by atoms with Crippen LogP contribution in [0, 0.1) is 0 Å². The van der Waals surface area contributed by atoms with E-state index in [0.29, 0.717) is 18.7 Å². The van der Waals surface area contributed by atoms with Crippen LogP contribution in [0.1, 0.15) is 55.3 Å². The molecule has 2 aliphatic rings. The molecule has 5 nitrogen and oxygen atoms in total. The molecule has 0 aromatic carbocycles. The summed E-state index contributed by atoms with van der Waals surface area (Å²) >= 11 is 0. The molecule has 1 saturated carbocycles. The Hall–Kier alpha value is -2.17. The third-order valence-electron chi connectivity index (χ3n) is 4.89. The Balaban J connectivity index is 1.47. The summed E-state index contributed by atoms with van der Waals surface area (Å²) < 4.78 is 0. The monoisotopic (exact) mass is 327 g/mol. The second-order valence-corrected chi connectivity index (χ2v) is 6.68. The molecule has 1 aromatic rings. The van der Waals surface area contributed by atoms with Crippen LogP contribution in [0.4, 0.5) is 0 Å². The molecule has 0 radical (unpaired) electrons. The second-order valence-electron chi connectivity index (χ2n) is 6.68. The Morgan fingerprint density at radius 3 is 2.58 bits per heavy atom. The topological polar surface area (TPSA) is 62.3 Å². The van der Waals surface area contributed by atoms with Crippen LogP contribution in [-0.4, -0.2) is 40.8 Å². The molecule has 128 valence electrons. The lowest BCUT2D eigenvalue weighted by molar-refractivity contribution is -0.127. The van der Waals surface area contributed by atoms with Crippen LogP contribution in [0.25, 0.3) is 0 Å². The molecule has 3 rings (SSSR count). The lowest BCUT2D eigenvalue weighted by atomic mass is 9.94. The zero-order valence-electron chi connectivity index (χ0n) is 14.0. The van der Waals surface area contributed by atoms with Crippen molar-refractivity contribution in [1.29, 1.82) is 0 Å². The zero-order chi connectivity index (χ0) is 16.8. The molecule has 2 amide bonds. The van der Waals surface area contributed by atoms with Gasteiger partial charge in [0.1, 0.15) is 0 Å². The quantitative estimate of drug-likeness (QED) is 0.868. The van der Waals surface area contributed by atoms with Crippen molar-refractivity contribution in [3.63, 3.8) is 0 Å². The minimum absolute atomic E-state index is 0.0859. The number of nitrogens with one attached hydrogen (secondary N) is 1. The Kier molecular flexibility index (Phi) is 5.62. The smallest absolute Gasteiger partial charge is 0.253 e. The van der Waals surface area contributed by atoms with Crippen LogP contribution in [0.3, 0.4) is 0 Å². The molecule has 1 N–H and O–H groups in total. The SMILES string of the molecule is O=C(NC1CCN(C(=O)C=C2CCCCC2)CC1)c1cccnc1. The summed E-state index contributed by atoms with van der Waals surface area (Å²) in [5, 5.41) is 3.04. The van der Waals surface area contributed by atoms with Gasteiger partial charge in [0.25, 0.3) is 5.91 Å². The molecular formula is C19H25N3O2. The van der Waals surface area contributed by atoms with Gasteiger partial charge < -0.3 is 10.2 Å². The fourth-order valence-corrected chi connectivity index (χ4v) is 3.43. The molecule has 2 fully saturated rings. The zero-order valence-corrected chi connectivity index (χ0v) is 14.0. The van der Waals surface area contributed by atoms with Crippen LogP contribution in [-0.2, 0) is 4.79 Å². The van der Waals surface area contributed by atoms with Gasteiger partial charge in [0.2, 0.25) is 5.91 Å². The number of allylic oxidation sites excluding steroid dienone is 1. The third-order valence-corrected chi connectivity index (χ3v) is 4.89. The lowest BCUT2D eigenvalue weighted by Crippen LogP contribution is -2.46. The highest BCUT2D eigenvalue weighted by molar-refractivity contribution is 5.94. The van der Waals surface area contributed by atoms with E-state index in [1.54, 1.807) is 24.5 Å². The van der Waals surface area contributed by atoms with Crippen LogP contribution in [0.15, 0.2) is 36.2 Å². The number of aromatic nitrogens is 1. The third kappa shape index (κ3) is 4.43. The summed E-state index contributed by atoms with van der Waals surface area (Å²) in [6.45, 7) is 1.42. The number of hydrogen-bond donors (Lipinski definition) is 1. The Labute approximate surface area is 143 Å². The first-order chi connectivity index (χ1) is 11.7. The van der Waals surface area contributed by atoms with Gasteiger partial charge in [-0.15, -0.1) is 0 Å². The summed E-state index contributed by atoms with van der Waals surface area (Å²) in [6, 6.07) is 3.65. The fourth-order valence-electron chi connectivity index (χ4n) is 3.43. The van der Waals surface area contributed by atoms with E-state index in [1.807, 2.05) is 11.0 Å². The molecule has 0 unspecified atom stereocenters. The number of carbonyl (C=O) groups is 2. The highest BCUT2D eigenvalue weighted by Crippen LogP contribution is 2.23. The van der Waals surface area contributed by atoms with Crippen molar-refractivity contribution >= 4 is 11.8 Å². The molecular weight excluding hydrogens is 302 g/mol. The molecule has 0 spiro atoms. The maximum absolute atomic E-state index is 12.4. The first-order valence-corrected chi connectivity index (χ1v) is 8.91. The van der Waals surface area contributed by atoms with E-state index < -0.39 is 0 Å². The van der Waals surface area contributed by atoms with E-state index in [4.69, 9.17) is 0 Å². The maximum atomic E-state index is 12.4. The van der Waals surface area contributed by atoms with Gasteiger partial charge in [-0.25, -0.2) is 0 Å². The van der Waals surface area contributed by atoms with Gasteiger partial charge in [0.15, 0.2) is 0 Å². The van der Waals surface area contributed by atoms with Crippen molar-refractivity contribution in [2.45, 2.75) is 51.0 Å². The summed E-state index contributed by atoms with van der Waals surface area (Å²) in [5.41, 5.74) is 1.89. The van der Waals surface area contributed by atoms with Crippen LogP contribution in [0.5, 0.6) is 0 Å². The predicted octanol–water partition coefficient (Wildman–Crippen LogP) is 2.69. The minimum atomic E-state index is -0.0859. The van der Waals surface area contributed by atoms with Crippen molar-refractivity contribution < 1.29 is 9.59 Å². The molecule has 1 aromatic heterocycles. The summed E-state index contributed by atoms with van der Waals surface area (Å²) in [4.78, 5) is 30.4. The van der Waals surface area contributed by atoms with E-state index in [-0.39, 0.29) is 17.9 Å². The van der Waals surface area contributed by atoms with Crippen molar-refractivity contribution in [3.8, 4) is 0 Å². The molecule has 1 aliphatic heterocycles. The Morgan fingerprint density at radius 1 is 1.17 bits per heavy atom. The average Bonchev–Trinajstić information content (AvgIpc) is 2.64. The second kappa shape index (κ2) is 8.08. The summed E-state index contributed by atoms with van der Waals surface area (Å²) in [5.74, 6) is 0.0566. The molecule has 1 saturated heterocycles. The maximum Gasteiger partial charge on any atom is 0.253 e. The largest absolute Gasteiger partial charge is 0.349 e. The van der Waals surface area contributed by atoms with Crippen LogP contribution in [0.2, 0.25) is 0 Å². The number of amides is 2. The molecule has 0 atom stereocenters. The van der Waals surface area contributed by atoms with Gasteiger partial charge in [-0.1, -0.05) is 12.0 Å². The molecule has 1 aliphatic carbocycles. The van der Waals surface area contributed by atoms with Gasteiger partial charge in [-0.3, -0.25) is 14.6 Å². The van der Waals surface area contributed by atoms with Crippen molar-refractivity contribution in [2.75, 3.05) is 13.1 Å². The van der Waals surface area contributed by atoms with Crippen LogP contribution < -0.4 is 5.32 Å². The van der Waals surface area contributed by atoms with Gasteiger partial charge >= 0.3 is 0 Å². The predicted molar refractivity (Wildman–Crippen MR) is 92.5 cm³/mol.